The van der Waals surface area contributed by atoms with Crippen molar-refractivity contribution < 1.29 is 32.2 Å². The molecular formula is C28H38F3N3O4. The van der Waals surface area contributed by atoms with Crippen LogP contribution in [0.1, 0.15) is 49.4 Å². The minimum absolute atomic E-state index is 0.00522. The second-order valence-electron chi connectivity index (χ2n) is 9.89. The van der Waals surface area contributed by atoms with Gasteiger partial charge in [0.25, 0.3) is 0 Å². The maximum absolute atomic E-state index is 13.4. The van der Waals surface area contributed by atoms with Crippen LogP contribution in [0.4, 0.5) is 18.9 Å². The summed E-state index contributed by atoms with van der Waals surface area (Å²) in [6.45, 7) is 5.96. The number of benzene rings is 2. The number of ether oxygens (including phenoxy) is 3. The number of anilines is 1. The van der Waals surface area contributed by atoms with Crippen LogP contribution in [0.25, 0.3) is 0 Å². The summed E-state index contributed by atoms with van der Waals surface area (Å²) in [4.78, 5) is 16.8. The lowest BCUT2D eigenvalue weighted by molar-refractivity contribution is -0.137. The molecule has 1 amide bonds. The Kier molecular flexibility index (Phi) is 9.76. The van der Waals surface area contributed by atoms with Crippen LogP contribution < -0.4 is 24.8 Å². The topological polar surface area (TPSA) is 77.3 Å². The summed E-state index contributed by atoms with van der Waals surface area (Å²) in [5.41, 5.74) is 7.70. The summed E-state index contributed by atoms with van der Waals surface area (Å²) in [5, 5.41) is 0. The third kappa shape index (κ3) is 7.03. The van der Waals surface area contributed by atoms with E-state index in [0.717, 1.165) is 11.6 Å². The number of methoxy groups -OCH3 is 3. The fourth-order valence-electron chi connectivity index (χ4n) is 4.83. The van der Waals surface area contributed by atoms with Crippen LogP contribution in [0.5, 0.6) is 17.2 Å². The number of piperazine rings is 1. The number of halogens is 3. The molecular weight excluding hydrogens is 499 g/mol. The van der Waals surface area contributed by atoms with Gasteiger partial charge in [-0.3, -0.25) is 4.79 Å². The number of nitrogens with zero attached hydrogens (tertiary/aromatic N) is 2. The maximum atomic E-state index is 13.4. The molecule has 1 aliphatic rings. The van der Waals surface area contributed by atoms with E-state index in [1.54, 1.807) is 32.3 Å². The van der Waals surface area contributed by atoms with Crippen molar-refractivity contribution in [1.29, 1.82) is 0 Å². The minimum Gasteiger partial charge on any atom is -0.496 e. The highest BCUT2D eigenvalue weighted by atomic mass is 19.4. The molecule has 1 atom stereocenters. The van der Waals surface area contributed by atoms with Crippen molar-refractivity contribution in [2.45, 2.75) is 45.3 Å². The van der Waals surface area contributed by atoms with Crippen LogP contribution in [0.3, 0.4) is 0 Å². The van der Waals surface area contributed by atoms with Gasteiger partial charge in [0, 0.05) is 50.4 Å². The summed E-state index contributed by atoms with van der Waals surface area (Å²) in [6.07, 6.45) is -3.11. The summed E-state index contributed by atoms with van der Waals surface area (Å²) in [6, 6.07) is 6.84. The lowest BCUT2D eigenvalue weighted by atomic mass is 9.94. The van der Waals surface area contributed by atoms with E-state index in [-0.39, 0.29) is 18.2 Å². The van der Waals surface area contributed by atoms with Crippen LogP contribution in [0, 0.1) is 5.92 Å². The zero-order valence-electron chi connectivity index (χ0n) is 22.7. The Labute approximate surface area is 222 Å². The lowest BCUT2D eigenvalue weighted by Gasteiger charge is -2.38. The first-order valence-corrected chi connectivity index (χ1v) is 12.8. The van der Waals surface area contributed by atoms with Gasteiger partial charge in [-0.25, -0.2) is 0 Å². The van der Waals surface area contributed by atoms with Crippen molar-refractivity contribution >= 4 is 11.6 Å². The first-order valence-electron chi connectivity index (χ1n) is 12.8. The summed E-state index contributed by atoms with van der Waals surface area (Å²) in [7, 11) is 4.66. The molecule has 0 aliphatic carbocycles. The number of hydrogen-bond donors (Lipinski definition) is 1. The standard InChI is InChI=1S/C28H38F3N3O4/c1-18(2)14-22(32)21-16-20(28(29,30)31)7-8-23(21)33-10-12-34(13-11-33)27(35)9-6-19-15-25(37-4)26(38-5)17-24(19)36-3/h7-8,15-18,22H,6,9-14,32H2,1-5H3/t22-/m0/s1. The fraction of sp³-hybridized carbons (Fsp3) is 0.536. The molecule has 38 heavy (non-hydrogen) atoms. The van der Waals surface area contributed by atoms with Crippen molar-refractivity contribution in [3.63, 3.8) is 0 Å². The van der Waals surface area contributed by atoms with Gasteiger partial charge in [-0.05, 0) is 54.2 Å². The smallest absolute Gasteiger partial charge is 0.416 e. The van der Waals surface area contributed by atoms with E-state index in [2.05, 4.69) is 0 Å². The molecule has 0 unspecified atom stereocenters. The second kappa shape index (κ2) is 12.6. The van der Waals surface area contributed by atoms with Gasteiger partial charge in [0.1, 0.15) is 5.75 Å². The van der Waals surface area contributed by atoms with Gasteiger partial charge in [0.05, 0.1) is 26.9 Å². The van der Waals surface area contributed by atoms with Gasteiger partial charge in [-0.2, -0.15) is 13.2 Å². The summed E-state index contributed by atoms with van der Waals surface area (Å²) >= 11 is 0. The maximum Gasteiger partial charge on any atom is 0.416 e. The Morgan fingerprint density at radius 3 is 2.11 bits per heavy atom. The molecule has 7 nitrogen and oxygen atoms in total. The van der Waals surface area contributed by atoms with E-state index >= 15 is 0 Å². The minimum atomic E-state index is -4.44. The predicted molar refractivity (Wildman–Crippen MR) is 141 cm³/mol. The number of rotatable bonds is 10. The Morgan fingerprint density at radius 2 is 1.55 bits per heavy atom. The van der Waals surface area contributed by atoms with Crippen LogP contribution in [0.2, 0.25) is 0 Å². The molecule has 1 fully saturated rings. The number of aryl methyl sites for hydroxylation is 1. The number of hydrogen-bond acceptors (Lipinski definition) is 6. The first-order chi connectivity index (χ1) is 18.0. The van der Waals surface area contributed by atoms with E-state index in [1.165, 1.54) is 12.1 Å². The predicted octanol–water partition coefficient (Wildman–Crippen LogP) is 5.06. The molecule has 0 saturated carbocycles. The normalized spacial score (nSPS) is 15.0. The number of nitrogens with two attached hydrogens (primary N) is 1. The van der Waals surface area contributed by atoms with Crippen molar-refractivity contribution in [1.82, 2.24) is 4.90 Å². The van der Waals surface area contributed by atoms with E-state index in [4.69, 9.17) is 19.9 Å². The highest BCUT2D eigenvalue weighted by Crippen LogP contribution is 2.37. The molecule has 2 aromatic carbocycles. The quantitative estimate of drug-likeness (QED) is 0.457. The van der Waals surface area contributed by atoms with Crippen molar-refractivity contribution in [2.75, 3.05) is 52.4 Å². The highest BCUT2D eigenvalue weighted by Gasteiger charge is 2.33. The van der Waals surface area contributed by atoms with Crippen molar-refractivity contribution in [3.05, 3.63) is 47.0 Å². The molecule has 210 valence electrons. The largest absolute Gasteiger partial charge is 0.496 e. The average molecular weight is 538 g/mol. The molecule has 0 aromatic heterocycles. The zero-order valence-corrected chi connectivity index (χ0v) is 22.7. The summed E-state index contributed by atoms with van der Waals surface area (Å²) < 4.78 is 56.4. The third-order valence-corrected chi connectivity index (χ3v) is 6.85. The van der Waals surface area contributed by atoms with Gasteiger partial charge in [0.2, 0.25) is 5.91 Å². The fourth-order valence-corrected chi connectivity index (χ4v) is 4.83. The van der Waals surface area contributed by atoms with Gasteiger partial charge in [-0.15, -0.1) is 0 Å². The van der Waals surface area contributed by atoms with Crippen LogP contribution in [-0.4, -0.2) is 58.3 Å². The SMILES string of the molecule is COc1cc(OC)c(OC)cc1CCC(=O)N1CCN(c2ccc(C(F)(F)F)cc2[C@@H](N)CC(C)C)CC1. The van der Waals surface area contributed by atoms with Crippen molar-refractivity contribution in [3.8, 4) is 17.2 Å². The van der Waals surface area contributed by atoms with Gasteiger partial charge in [-0.1, -0.05) is 13.8 Å². The van der Waals surface area contributed by atoms with Gasteiger partial charge >= 0.3 is 6.18 Å². The van der Waals surface area contributed by atoms with Crippen molar-refractivity contribution in [2.24, 2.45) is 11.7 Å². The molecule has 1 aliphatic heterocycles. The molecule has 10 heteroatoms. The van der Waals surface area contributed by atoms with E-state index < -0.39 is 17.8 Å². The second-order valence-corrected chi connectivity index (χ2v) is 9.89. The first kappa shape index (κ1) is 29.4. The Hall–Kier alpha value is -3.14. The third-order valence-electron chi connectivity index (χ3n) is 6.85. The summed E-state index contributed by atoms with van der Waals surface area (Å²) in [5.74, 6) is 1.98. The molecule has 2 N–H and O–H groups in total. The Morgan fingerprint density at radius 1 is 0.947 bits per heavy atom. The number of alkyl halides is 3. The molecule has 1 saturated heterocycles. The molecule has 0 bridgehead atoms. The van der Waals surface area contributed by atoms with Gasteiger partial charge < -0.3 is 29.7 Å². The number of carbonyl (C=O) groups excluding carboxylic acids is 1. The zero-order chi connectivity index (χ0) is 28.0. The molecule has 1 heterocycles. The van der Waals surface area contributed by atoms with E-state index in [1.807, 2.05) is 24.8 Å². The van der Waals surface area contributed by atoms with E-state index in [0.29, 0.717) is 67.5 Å². The monoisotopic (exact) mass is 537 g/mol. The molecule has 2 aromatic rings. The Bertz CT molecular complexity index is 1100. The molecule has 3 rings (SSSR count). The molecule has 0 spiro atoms. The van der Waals surface area contributed by atoms with E-state index in [9.17, 15) is 18.0 Å². The van der Waals surface area contributed by atoms with Crippen LogP contribution >= 0.6 is 0 Å². The number of carbonyl (C=O) groups is 1. The lowest BCUT2D eigenvalue weighted by Crippen LogP contribution is -2.49. The van der Waals surface area contributed by atoms with Gasteiger partial charge in [0.15, 0.2) is 11.5 Å². The highest BCUT2D eigenvalue weighted by molar-refractivity contribution is 5.77. The Balaban J connectivity index is 1.68. The van der Waals surface area contributed by atoms with Crippen LogP contribution in [0.15, 0.2) is 30.3 Å². The molecule has 0 radical (unpaired) electrons. The van der Waals surface area contributed by atoms with Crippen LogP contribution in [-0.2, 0) is 17.4 Å². The average Bonchev–Trinajstić information content (AvgIpc) is 2.89. The number of amides is 1.